The summed E-state index contributed by atoms with van der Waals surface area (Å²) < 4.78 is 2.13. The number of fused-ring (bicyclic) bond motifs is 4. The average Bonchev–Trinajstić information content (AvgIpc) is 3.31. The molecule has 0 saturated carbocycles. The molecule has 3 aromatic heterocycles. The van der Waals surface area contributed by atoms with Crippen LogP contribution in [-0.2, 0) is 19.4 Å². The second-order valence-corrected chi connectivity index (χ2v) is 6.67. The van der Waals surface area contributed by atoms with Crippen LogP contribution in [0.25, 0.3) is 16.7 Å². The number of nitrogens with one attached hydrogen (secondary N) is 2. The zero-order chi connectivity index (χ0) is 17.5. The minimum absolute atomic E-state index is 0.720. The second-order valence-electron chi connectivity index (χ2n) is 6.67. The van der Waals surface area contributed by atoms with Gasteiger partial charge in [-0.25, -0.2) is 9.97 Å². The van der Waals surface area contributed by atoms with Crippen molar-refractivity contribution >= 4 is 22.5 Å². The van der Waals surface area contributed by atoms with E-state index in [9.17, 15) is 5.26 Å². The largest absolute Gasteiger partial charge is 0.367 e. The number of hydrogen-bond donors (Lipinski definition) is 1. The highest BCUT2D eigenvalue weighted by atomic mass is 15.1. The molecular formula is C21H18N5+. The molecule has 26 heavy (non-hydrogen) atoms. The normalized spacial score (nSPS) is 13.0. The molecule has 0 saturated heterocycles. The van der Waals surface area contributed by atoms with Crippen LogP contribution in [0.15, 0.2) is 48.8 Å². The average molecular weight is 340 g/mol. The summed E-state index contributed by atoms with van der Waals surface area (Å²) >= 11 is 0. The summed E-state index contributed by atoms with van der Waals surface area (Å²) in [6.07, 6.45) is 6.94. The third-order valence-electron chi connectivity index (χ3n) is 5.16. The molecule has 0 amide bonds. The summed E-state index contributed by atoms with van der Waals surface area (Å²) in [5, 5.41) is 13.4. The number of rotatable bonds is 3. The van der Waals surface area contributed by atoms with Crippen LogP contribution < -0.4 is 10.3 Å². The van der Waals surface area contributed by atoms with E-state index in [-0.39, 0.29) is 0 Å². The van der Waals surface area contributed by atoms with Gasteiger partial charge in [-0.2, -0.15) is 5.26 Å². The fourth-order valence-electron chi connectivity index (χ4n) is 4.00. The predicted octanol–water partition coefficient (Wildman–Crippen LogP) is 3.27. The maximum Gasteiger partial charge on any atom is 0.171 e. The van der Waals surface area contributed by atoms with E-state index in [0.717, 1.165) is 59.4 Å². The van der Waals surface area contributed by atoms with Gasteiger partial charge >= 0.3 is 0 Å². The maximum atomic E-state index is 9.80. The number of anilines is 1. The number of benzene rings is 1. The molecule has 0 aliphatic heterocycles. The van der Waals surface area contributed by atoms with Gasteiger partial charge in [-0.15, -0.1) is 0 Å². The number of aromatic amines is 1. The van der Waals surface area contributed by atoms with Crippen LogP contribution in [0.2, 0.25) is 0 Å². The fraction of sp³-hybridized carbons (Fsp3) is 0.190. The minimum Gasteiger partial charge on any atom is -0.367 e. The quantitative estimate of drug-likeness (QED) is 0.622. The topological polar surface area (TPSA) is 67.3 Å². The van der Waals surface area contributed by atoms with Gasteiger partial charge in [0.05, 0.1) is 16.6 Å². The Hall–Kier alpha value is -3.39. The summed E-state index contributed by atoms with van der Waals surface area (Å²) in [6, 6.07) is 14.6. The Balaban J connectivity index is 1.77. The van der Waals surface area contributed by atoms with Gasteiger partial charge in [0.15, 0.2) is 18.0 Å². The van der Waals surface area contributed by atoms with Crippen LogP contribution in [0, 0.1) is 11.3 Å². The molecule has 0 unspecified atom stereocenters. The first kappa shape index (κ1) is 14.9. The molecule has 126 valence electrons. The van der Waals surface area contributed by atoms with E-state index < -0.39 is 0 Å². The van der Waals surface area contributed by atoms with Crippen LogP contribution >= 0.6 is 0 Å². The first-order valence-electron chi connectivity index (χ1n) is 8.90. The number of nitriles is 1. The Morgan fingerprint density at radius 3 is 2.88 bits per heavy atom. The molecule has 2 N–H and O–H groups in total. The van der Waals surface area contributed by atoms with Crippen LogP contribution in [0.3, 0.4) is 0 Å². The Kier molecular flexibility index (Phi) is 3.36. The minimum atomic E-state index is 0.720. The molecule has 1 aliphatic rings. The summed E-state index contributed by atoms with van der Waals surface area (Å²) in [5.41, 5.74) is 7.05. The molecule has 0 atom stereocenters. The van der Waals surface area contributed by atoms with E-state index in [1.165, 1.54) is 11.1 Å². The van der Waals surface area contributed by atoms with Crippen molar-refractivity contribution in [1.82, 2.24) is 9.38 Å². The summed E-state index contributed by atoms with van der Waals surface area (Å²) in [6.45, 7) is 0.720. The zero-order valence-corrected chi connectivity index (χ0v) is 14.3. The van der Waals surface area contributed by atoms with Crippen molar-refractivity contribution in [2.45, 2.75) is 25.8 Å². The third kappa shape index (κ3) is 2.16. The number of hydrogen-bond acceptors (Lipinski definition) is 3. The number of para-hydroxylation sites is 2. The highest BCUT2D eigenvalue weighted by Gasteiger charge is 2.25. The van der Waals surface area contributed by atoms with E-state index >= 15 is 0 Å². The van der Waals surface area contributed by atoms with Crippen molar-refractivity contribution in [3.63, 3.8) is 0 Å². The van der Waals surface area contributed by atoms with E-state index in [1.54, 1.807) is 0 Å². The van der Waals surface area contributed by atoms with Crippen molar-refractivity contribution in [2.24, 2.45) is 0 Å². The summed E-state index contributed by atoms with van der Waals surface area (Å²) in [7, 11) is 0. The molecule has 0 spiro atoms. The highest BCUT2D eigenvalue weighted by molar-refractivity contribution is 5.86. The van der Waals surface area contributed by atoms with Gasteiger partial charge in [0.2, 0.25) is 0 Å². The summed E-state index contributed by atoms with van der Waals surface area (Å²) in [4.78, 5) is 7.90. The fourth-order valence-corrected chi connectivity index (χ4v) is 4.00. The molecule has 4 aromatic rings. The van der Waals surface area contributed by atoms with Crippen LogP contribution in [0.1, 0.15) is 28.7 Å². The van der Waals surface area contributed by atoms with E-state index in [1.807, 2.05) is 36.7 Å². The number of pyridine rings is 2. The first-order chi connectivity index (χ1) is 12.9. The molecule has 0 radical (unpaired) electrons. The molecule has 1 aliphatic carbocycles. The lowest BCUT2D eigenvalue weighted by atomic mass is 10.1. The van der Waals surface area contributed by atoms with Crippen molar-refractivity contribution < 1.29 is 4.98 Å². The van der Waals surface area contributed by atoms with Crippen LogP contribution in [0.5, 0.6) is 0 Å². The molecular weight excluding hydrogens is 322 g/mol. The van der Waals surface area contributed by atoms with Crippen LogP contribution in [-0.4, -0.2) is 9.38 Å². The van der Waals surface area contributed by atoms with Crippen molar-refractivity contribution in [2.75, 3.05) is 5.32 Å². The summed E-state index contributed by atoms with van der Waals surface area (Å²) in [5.74, 6) is 1.07. The van der Waals surface area contributed by atoms with Gasteiger partial charge in [-0.1, -0.05) is 12.1 Å². The maximum absolute atomic E-state index is 9.80. The molecule has 1 aromatic carbocycles. The number of aromatic nitrogens is 3. The molecule has 5 rings (SSSR count). The van der Waals surface area contributed by atoms with Crippen LogP contribution in [0.4, 0.5) is 5.82 Å². The number of imidazole rings is 1. The van der Waals surface area contributed by atoms with E-state index in [0.29, 0.717) is 0 Å². The van der Waals surface area contributed by atoms with Gasteiger partial charge in [-0.05, 0) is 48.6 Å². The van der Waals surface area contributed by atoms with E-state index in [2.05, 4.69) is 32.9 Å². The molecule has 5 heteroatoms. The number of H-pyrrole nitrogens is 1. The second kappa shape index (κ2) is 5.85. The highest BCUT2D eigenvalue weighted by Crippen LogP contribution is 2.36. The van der Waals surface area contributed by atoms with E-state index in [4.69, 9.17) is 4.98 Å². The lowest BCUT2D eigenvalue weighted by molar-refractivity contribution is -0.378. The van der Waals surface area contributed by atoms with Gasteiger partial charge in [0.25, 0.3) is 0 Å². The lowest BCUT2D eigenvalue weighted by Crippen LogP contribution is -2.11. The van der Waals surface area contributed by atoms with Crippen molar-refractivity contribution in [1.29, 1.82) is 5.26 Å². The van der Waals surface area contributed by atoms with Crippen molar-refractivity contribution in [3.8, 4) is 6.07 Å². The van der Waals surface area contributed by atoms with Gasteiger partial charge in [0, 0.05) is 18.2 Å². The smallest absolute Gasteiger partial charge is 0.171 e. The number of nitrogens with zero attached hydrogens (tertiary/aromatic N) is 3. The van der Waals surface area contributed by atoms with Gasteiger partial charge in [0.1, 0.15) is 11.9 Å². The standard InChI is InChI=1S/C21H17N5/c22-11-17-15-6-3-7-16(15)20(24-13-14-5-4-10-23-12-14)26-19-9-2-1-8-18(19)25-21(17)26/h1-2,4-5,8-10,12,24H,3,6-7,13H2/p+1. The third-order valence-corrected chi connectivity index (χ3v) is 5.16. The van der Waals surface area contributed by atoms with Gasteiger partial charge < -0.3 is 5.32 Å². The Bertz CT molecular complexity index is 1170. The lowest BCUT2D eigenvalue weighted by Gasteiger charge is -2.16. The molecule has 0 fully saturated rings. The SMILES string of the molecule is N#Cc1c2c(c(NCc3ccc[nH+]c3)n3c1nc1ccccc13)CCC2. The Morgan fingerprint density at radius 2 is 2.04 bits per heavy atom. The van der Waals surface area contributed by atoms with Crippen molar-refractivity contribution in [3.05, 3.63) is 71.0 Å². The molecule has 3 heterocycles. The monoisotopic (exact) mass is 340 g/mol. The zero-order valence-electron chi connectivity index (χ0n) is 14.3. The molecule has 0 bridgehead atoms. The molecule has 5 nitrogen and oxygen atoms in total. The van der Waals surface area contributed by atoms with Gasteiger partial charge in [-0.3, -0.25) is 4.40 Å². The predicted molar refractivity (Wildman–Crippen MR) is 99.8 cm³/mol. The first-order valence-corrected chi connectivity index (χ1v) is 8.90. The Labute approximate surface area is 150 Å². The Morgan fingerprint density at radius 1 is 1.15 bits per heavy atom.